The van der Waals surface area contributed by atoms with Gasteiger partial charge >= 0.3 is 6.18 Å². The van der Waals surface area contributed by atoms with Crippen LogP contribution in [0.2, 0.25) is 0 Å². The summed E-state index contributed by atoms with van der Waals surface area (Å²) in [6, 6.07) is 13.1. The van der Waals surface area contributed by atoms with Crippen molar-refractivity contribution >= 4 is 22.7 Å². The highest BCUT2D eigenvalue weighted by Crippen LogP contribution is 2.31. The molecule has 5 rings (SSSR count). The molecule has 2 atom stereocenters. The van der Waals surface area contributed by atoms with Crippen LogP contribution in [0.1, 0.15) is 25.0 Å². The number of pyridine rings is 1. The molecule has 7 nitrogen and oxygen atoms in total. The van der Waals surface area contributed by atoms with Gasteiger partial charge in [-0.05, 0) is 60.0 Å². The normalized spacial score (nSPS) is 18.6. The standard InChI is InChI=1S/C32H35F4N5O2S/c1-22(2)21-39-14-16-40(17-15-39)30-19-23(18-28(38-30)24-5-7-25(8-6-24)32(34,35)36)20-37-31(42)29-4-3-13-41(29)44(43)27-11-9-26(33)10-12-27/h3-12,18-19,22,29H,13-17,20-21H2,1-2H3,(H,37,42)/t29-,44?/m0/s1. The van der Waals surface area contributed by atoms with E-state index in [4.69, 9.17) is 4.98 Å². The maximum atomic E-state index is 13.4. The minimum atomic E-state index is -4.44. The predicted molar refractivity (Wildman–Crippen MR) is 162 cm³/mol. The minimum Gasteiger partial charge on any atom is -0.354 e. The van der Waals surface area contributed by atoms with Crippen LogP contribution in [0, 0.1) is 11.7 Å². The van der Waals surface area contributed by atoms with E-state index < -0.39 is 34.6 Å². The van der Waals surface area contributed by atoms with Crippen LogP contribution < -0.4 is 10.2 Å². The third-order valence-electron chi connectivity index (χ3n) is 7.58. The molecule has 2 aliphatic heterocycles. The number of amides is 1. The molecule has 44 heavy (non-hydrogen) atoms. The van der Waals surface area contributed by atoms with Crippen LogP contribution >= 0.6 is 0 Å². The van der Waals surface area contributed by atoms with Gasteiger partial charge in [0.05, 0.1) is 16.2 Å². The quantitative estimate of drug-likeness (QED) is 0.258. The van der Waals surface area contributed by atoms with Crippen molar-refractivity contribution in [3.8, 4) is 11.3 Å². The zero-order chi connectivity index (χ0) is 31.4. The van der Waals surface area contributed by atoms with Crippen molar-refractivity contribution in [2.45, 2.75) is 37.5 Å². The number of halogens is 4. The lowest BCUT2D eigenvalue weighted by atomic mass is 10.1. The topological polar surface area (TPSA) is 68.8 Å². The monoisotopic (exact) mass is 629 g/mol. The van der Waals surface area contributed by atoms with Crippen molar-refractivity contribution in [3.63, 3.8) is 0 Å². The lowest BCUT2D eigenvalue weighted by Crippen LogP contribution is -2.47. The van der Waals surface area contributed by atoms with Gasteiger partial charge in [0.1, 0.15) is 28.7 Å². The molecule has 3 aromatic rings. The van der Waals surface area contributed by atoms with Gasteiger partial charge < -0.3 is 10.2 Å². The van der Waals surface area contributed by atoms with Gasteiger partial charge in [-0.3, -0.25) is 9.69 Å². The number of nitrogens with one attached hydrogen (secondary N) is 1. The molecule has 1 amide bonds. The van der Waals surface area contributed by atoms with Crippen LogP contribution in [-0.2, 0) is 28.5 Å². The fourth-order valence-corrected chi connectivity index (χ4v) is 6.59. The van der Waals surface area contributed by atoms with E-state index in [0.717, 1.165) is 50.4 Å². The number of carbonyl (C=O) groups is 1. The van der Waals surface area contributed by atoms with Gasteiger partial charge in [0.25, 0.3) is 0 Å². The summed E-state index contributed by atoms with van der Waals surface area (Å²) in [5, 5.41) is 2.92. The molecule has 2 aliphatic rings. The summed E-state index contributed by atoms with van der Waals surface area (Å²) < 4.78 is 67.6. The van der Waals surface area contributed by atoms with Crippen LogP contribution in [0.5, 0.6) is 0 Å². The number of nitrogens with zero attached hydrogens (tertiary/aromatic N) is 4. The number of hydrogen-bond acceptors (Lipinski definition) is 5. The highest BCUT2D eigenvalue weighted by atomic mass is 32.2. The number of alkyl halides is 3. The predicted octanol–water partition coefficient (Wildman–Crippen LogP) is 5.26. The molecule has 1 unspecified atom stereocenters. The highest BCUT2D eigenvalue weighted by Gasteiger charge is 2.32. The second kappa shape index (κ2) is 13.6. The molecule has 234 valence electrons. The molecule has 1 N–H and O–H groups in total. The summed E-state index contributed by atoms with van der Waals surface area (Å²) in [7, 11) is -1.67. The minimum absolute atomic E-state index is 0.136. The molecular formula is C32H35F4N5O2S. The Hall–Kier alpha value is -3.61. The van der Waals surface area contributed by atoms with E-state index >= 15 is 0 Å². The Labute approximate surface area is 257 Å². The summed E-state index contributed by atoms with van der Waals surface area (Å²) in [6.45, 7) is 9.03. The number of carbonyl (C=O) groups excluding carboxylic acids is 1. The van der Waals surface area contributed by atoms with Crippen LogP contribution in [0.15, 0.2) is 77.7 Å². The Balaban J connectivity index is 1.34. The number of rotatable bonds is 9. The van der Waals surface area contributed by atoms with Crippen molar-refractivity contribution in [2.24, 2.45) is 5.92 Å². The first-order chi connectivity index (χ1) is 21.0. The molecule has 0 spiro atoms. The van der Waals surface area contributed by atoms with E-state index in [-0.39, 0.29) is 12.5 Å². The first kappa shape index (κ1) is 31.8. The first-order valence-electron chi connectivity index (χ1n) is 14.5. The number of anilines is 1. The number of aromatic nitrogens is 1. The van der Waals surface area contributed by atoms with Gasteiger partial charge in [0.2, 0.25) is 5.91 Å². The fraction of sp³-hybridized carbons (Fsp3) is 0.375. The van der Waals surface area contributed by atoms with Crippen LogP contribution in [0.4, 0.5) is 23.4 Å². The van der Waals surface area contributed by atoms with Crippen molar-refractivity contribution in [1.29, 1.82) is 0 Å². The molecule has 3 heterocycles. The highest BCUT2D eigenvalue weighted by molar-refractivity contribution is 7.82. The molecule has 1 saturated heterocycles. The molecular weight excluding hydrogens is 594 g/mol. The maximum absolute atomic E-state index is 13.4. The lowest BCUT2D eigenvalue weighted by molar-refractivity contribution is -0.137. The summed E-state index contributed by atoms with van der Waals surface area (Å²) in [5.74, 6) is 0.447. The van der Waals surface area contributed by atoms with E-state index in [0.29, 0.717) is 34.4 Å². The second-order valence-electron chi connectivity index (χ2n) is 11.4. The Bertz CT molecular complexity index is 1500. The van der Waals surface area contributed by atoms with Crippen molar-refractivity contribution in [3.05, 3.63) is 89.8 Å². The van der Waals surface area contributed by atoms with Gasteiger partial charge in [0.15, 0.2) is 0 Å². The Morgan fingerprint density at radius 2 is 1.70 bits per heavy atom. The molecule has 0 saturated carbocycles. The number of hydrogen-bond donors (Lipinski definition) is 1. The summed E-state index contributed by atoms with van der Waals surface area (Å²) in [5.41, 5.74) is 1.03. The van der Waals surface area contributed by atoms with E-state index in [2.05, 4.69) is 29.0 Å². The van der Waals surface area contributed by atoms with Gasteiger partial charge in [-0.1, -0.05) is 38.1 Å². The molecule has 1 aromatic heterocycles. The third kappa shape index (κ3) is 7.72. The van der Waals surface area contributed by atoms with Crippen LogP contribution in [-0.4, -0.2) is 69.6 Å². The van der Waals surface area contributed by atoms with Crippen molar-refractivity contribution < 1.29 is 26.6 Å². The molecule has 0 radical (unpaired) electrons. The van der Waals surface area contributed by atoms with Gasteiger partial charge in [0, 0.05) is 51.4 Å². The third-order valence-corrected chi connectivity index (χ3v) is 9.05. The molecule has 2 aromatic carbocycles. The summed E-state index contributed by atoms with van der Waals surface area (Å²) in [4.78, 5) is 23.0. The molecule has 12 heteroatoms. The van der Waals surface area contributed by atoms with E-state index in [1.165, 1.54) is 40.7 Å². The molecule has 1 fully saturated rings. The lowest BCUT2D eigenvalue weighted by Gasteiger charge is -2.36. The van der Waals surface area contributed by atoms with Gasteiger partial charge in [-0.25, -0.2) is 17.9 Å². The molecule has 0 aliphatic carbocycles. The Kier molecular flexibility index (Phi) is 9.81. The van der Waals surface area contributed by atoms with Gasteiger partial charge in [-0.15, -0.1) is 0 Å². The Morgan fingerprint density at radius 1 is 1.02 bits per heavy atom. The zero-order valence-corrected chi connectivity index (χ0v) is 25.4. The zero-order valence-electron chi connectivity index (χ0n) is 24.6. The first-order valence-corrected chi connectivity index (χ1v) is 15.6. The second-order valence-corrected chi connectivity index (χ2v) is 12.8. The fourth-order valence-electron chi connectivity index (χ4n) is 5.36. The van der Waals surface area contributed by atoms with E-state index in [1.54, 1.807) is 18.2 Å². The maximum Gasteiger partial charge on any atom is 0.416 e. The van der Waals surface area contributed by atoms with Gasteiger partial charge in [-0.2, -0.15) is 13.2 Å². The summed E-state index contributed by atoms with van der Waals surface area (Å²) >= 11 is 0. The summed E-state index contributed by atoms with van der Waals surface area (Å²) in [6.07, 6.45) is -1.00. The van der Waals surface area contributed by atoms with Crippen LogP contribution in [0.3, 0.4) is 0 Å². The molecule has 0 bridgehead atoms. The average molecular weight is 630 g/mol. The SMILES string of the molecule is CC(C)CN1CCN(c2cc(CNC(=O)[C@@H]3C=CCN3S(=O)c3ccc(F)cc3)cc(-c3ccc(C(F)(F)F)cc3)n2)CC1. The average Bonchev–Trinajstić information content (AvgIpc) is 3.50. The Morgan fingerprint density at radius 3 is 2.34 bits per heavy atom. The number of benzene rings is 2. The smallest absolute Gasteiger partial charge is 0.354 e. The largest absolute Gasteiger partial charge is 0.416 e. The van der Waals surface area contributed by atoms with E-state index in [1.807, 2.05) is 6.07 Å². The van der Waals surface area contributed by atoms with E-state index in [9.17, 15) is 26.6 Å². The van der Waals surface area contributed by atoms with Crippen LogP contribution in [0.25, 0.3) is 11.3 Å². The van der Waals surface area contributed by atoms with Crippen molar-refractivity contribution in [2.75, 3.05) is 44.2 Å². The van der Waals surface area contributed by atoms with Crippen molar-refractivity contribution in [1.82, 2.24) is 19.5 Å². The number of piperazine rings is 1.